The maximum atomic E-state index is 10.7. The summed E-state index contributed by atoms with van der Waals surface area (Å²) in [7, 11) is 1.55. The van der Waals surface area contributed by atoms with Crippen LogP contribution in [-0.2, 0) is 11.2 Å². The highest BCUT2D eigenvalue weighted by Gasteiger charge is 2.03. The third kappa shape index (κ3) is 3.89. The Labute approximate surface area is 97.8 Å². The Morgan fingerprint density at radius 3 is 3.00 bits per heavy atom. The summed E-state index contributed by atoms with van der Waals surface area (Å²) < 4.78 is 5.04. The quantitative estimate of drug-likeness (QED) is 0.366. The molecule has 1 rings (SSSR count). The van der Waals surface area contributed by atoms with Gasteiger partial charge in [0.15, 0.2) is 0 Å². The van der Waals surface area contributed by atoms with Gasteiger partial charge in [0.1, 0.15) is 11.4 Å². The summed E-state index contributed by atoms with van der Waals surface area (Å²) in [6, 6.07) is 7.20. The first kappa shape index (κ1) is 12.6. The van der Waals surface area contributed by atoms with Crippen LogP contribution in [0.5, 0.6) is 5.75 Å². The number of ether oxygens (including phenoxy) is 1. The van der Waals surface area contributed by atoms with Crippen LogP contribution in [0.4, 0.5) is 0 Å². The van der Waals surface area contributed by atoms with Crippen molar-refractivity contribution in [3.63, 3.8) is 0 Å². The van der Waals surface area contributed by atoms with E-state index in [1.54, 1.807) is 25.3 Å². The van der Waals surface area contributed by atoms with Crippen LogP contribution in [0.2, 0.25) is 0 Å². The third-order valence-corrected chi connectivity index (χ3v) is 2.04. The van der Waals surface area contributed by atoms with Gasteiger partial charge in [-0.2, -0.15) is 0 Å². The lowest BCUT2D eigenvalue weighted by atomic mass is 10.1. The molecule has 1 aromatic carbocycles. The molecular formula is C11H11N3O3. The molecular weight excluding hydrogens is 222 g/mol. The molecule has 0 saturated carbocycles. The highest BCUT2D eigenvalue weighted by atomic mass is 16.5. The van der Waals surface area contributed by atoms with Crippen LogP contribution in [0.1, 0.15) is 5.56 Å². The number of azide groups is 1. The van der Waals surface area contributed by atoms with Gasteiger partial charge >= 0.3 is 5.97 Å². The van der Waals surface area contributed by atoms with Gasteiger partial charge in [-0.1, -0.05) is 23.3 Å². The Morgan fingerprint density at radius 1 is 1.65 bits per heavy atom. The molecule has 0 saturated heterocycles. The molecule has 1 N–H and O–H groups in total. The number of carbonyl (C=O) groups is 1. The van der Waals surface area contributed by atoms with Gasteiger partial charge < -0.3 is 9.84 Å². The summed E-state index contributed by atoms with van der Waals surface area (Å²) in [5.74, 6) is -0.553. The van der Waals surface area contributed by atoms with Gasteiger partial charge in [-0.05, 0) is 29.6 Å². The molecule has 17 heavy (non-hydrogen) atoms. The zero-order valence-corrected chi connectivity index (χ0v) is 9.20. The second-order valence-corrected chi connectivity index (χ2v) is 3.14. The molecule has 0 aromatic heterocycles. The van der Waals surface area contributed by atoms with Crippen LogP contribution in [0.25, 0.3) is 10.4 Å². The van der Waals surface area contributed by atoms with E-state index in [4.69, 9.17) is 15.4 Å². The highest BCUT2D eigenvalue weighted by Crippen LogP contribution is 2.14. The van der Waals surface area contributed by atoms with Gasteiger partial charge in [-0.25, -0.2) is 4.79 Å². The minimum absolute atomic E-state index is 0.310. The standard InChI is InChI=1S/C11H11N3O3/c1-17-9-4-2-3-8(7-9)5-6-10(11(15)16)13-14-12/h2-4,6-7H,5H2,1H3,(H,15,16)/b10-6-. The highest BCUT2D eigenvalue weighted by molar-refractivity contribution is 5.86. The normalized spacial score (nSPS) is 10.5. The van der Waals surface area contributed by atoms with Crippen LogP contribution in [0.3, 0.4) is 0 Å². The van der Waals surface area contributed by atoms with E-state index in [1.165, 1.54) is 6.08 Å². The lowest BCUT2D eigenvalue weighted by molar-refractivity contribution is -0.132. The number of benzene rings is 1. The van der Waals surface area contributed by atoms with Crippen molar-refractivity contribution in [1.82, 2.24) is 0 Å². The minimum Gasteiger partial charge on any atom is -0.497 e. The number of rotatable bonds is 5. The molecule has 0 atom stereocenters. The predicted molar refractivity (Wildman–Crippen MR) is 61.6 cm³/mol. The fourth-order valence-electron chi connectivity index (χ4n) is 1.23. The molecule has 6 heteroatoms. The average Bonchev–Trinajstić information content (AvgIpc) is 2.34. The van der Waals surface area contributed by atoms with Crippen molar-refractivity contribution in [2.45, 2.75) is 6.42 Å². The average molecular weight is 233 g/mol. The maximum absolute atomic E-state index is 10.7. The fraction of sp³-hybridized carbons (Fsp3) is 0.182. The summed E-state index contributed by atoms with van der Waals surface area (Å²) in [4.78, 5) is 13.1. The number of hydrogen-bond acceptors (Lipinski definition) is 3. The molecule has 6 nitrogen and oxygen atoms in total. The Hall–Kier alpha value is -2.46. The van der Waals surface area contributed by atoms with Gasteiger partial charge in [0, 0.05) is 4.91 Å². The molecule has 0 amide bonds. The van der Waals surface area contributed by atoms with Gasteiger partial charge in [0.05, 0.1) is 7.11 Å². The Balaban J connectivity index is 2.86. The summed E-state index contributed by atoms with van der Waals surface area (Å²) in [5, 5.41) is 11.8. The second kappa shape index (κ2) is 6.19. The molecule has 0 fully saturated rings. The number of carboxylic acids is 1. The number of nitrogens with zero attached hydrogens (tertiary/aromatic N) is 3. The molecule has 0 aliphatic heterocycles. The van der Waals surface area contributed by atoms with E-state index in [9.17, 15) is 4.79 Å². The smallest absolute Gasteiger partial charge is 0.337 e. The van der Waals surface area contributed by atoms with Crippen molar-refractivity contribution in [2.75, 3.05) is 7.11 Å². The number of carboxylic acid groups (broad SMARTS) is 1. The van der Waals surface area contributed by atoms with E-state index >= 15 is 0 Å². The van der Waals surface area contributed by atoms with Crippen molar-refractivity contribution < 1.29 is 14.6 Å². The monoisotopic (exact) mass is 233 g/mol. The fourth-order valence-corrected chi connectivity index (χ4v) is 1.23. The van der Waals surface area contributed by atoms with Crippen LogP contribution in [-0.4, -0.2) is 18.2 Å². The predicted octanol–water partition coefficient (Wildman–Crippen LogP) is 2.52. The van der Waals surface area contributed by atoms with Crippen LogP contribution in [0.15, 0.2) is 41.2 Å². The van der Waals surface area contributed by atoms with Gasteiger partial charge in [-0.15, -0.1) is 0 Å². The van der Waals surface area contributed by atoms with Gasteiger partial charge in [-0.3, -0.25) is 0 Å². The van der Waals surface area contributed by atoms with E-state index in [-0.39, 0.29) is 5.70 Å². The summed E-state index contributed by atoms with van der Waals surface area (Å²) >= 11 is 0. The Bertz CT molecular complexity index is 486. The van der Waals surface area contributed by atoms with Gasteiger partial charge in [0.2, 0.25) is 0 Å². The van der Waals surface area contributed by atoms with E-state index in [1.807, 2.05) is 6.07 Å². The molecule has 0 bridgehead atoms. The zero-order chi connectivity index (χ0) is 12.7. The van der Waals surface area contributed by atoms with Crippen molar-refractivity contribution in [1.29, 1.82) is 0 Å². The maximum Gasteiger partial charge on any atom is 0.337 e. The van der Waals surface area contributed by atoms with Crippen molar-refractivity contribution in [3.8, 4) is 5.75 Å². The van der Waals surface area contributed by atoms with Crippen molar-refractivity contribution in [2.24, 2.45) is 5.11 Å². The lowest BCUT2D eigenvalue weighted by Gasteiger charge is -2.01. The number of methoxy groups -OCH3 is 1. The Morgan fingerprint density at radius 2 is 2.41 bits per heavy atom. The summed E-state index contributed by atoms with van der Waals surface area (Å²) in [6.45, 7) is 0. The largest absolute Gasteiger partial charge is 0.497 e. The number of hydrogen-bond donors (Lipinski definition) is 1. The molecule has 0 heterocycles. The van der Waals surface area contributed by atoms with E-state index < -0.39 is 5.97 Å². The molecule has 0 unspecified atom stereocenters. The first-order chi connectivity index (χ1) is 8.17. The topological polar surface area (TPSA) is 95.3 Å². The number of aliphatic carboxylic acids is 1. The van der Waals surface area contributed by atoms with E-state index in [0.29, 0.717) is 12.2 Å². The molecule has 0 spiro atoms. The third-order valence-electron chi connectivity index (χ3n) is 2.04. The first-order valence-corrected chi connectivity index (χ1v) is 4.79. The molecule has 88 valence electrons. The molecule has 0 aliphatic carbocycles. The van der Waals surface area contributed by atoms with Crippen molar-refractivity contribution >= 4 is 5.97 Å². The van der Waals surface area contributed by atoms with E-state index in [0.717, 1.165) is 5.56 Å². The van der Waals surface area contributed by atoms with Crippen LogP contribution < -0.4 is 4.74 Å². The molecule has 1 aromatic rings. The minimum atomic E-state index is -1.24. The summed E-state index contributed by atoms with van der Waals surface area (Å²) in [5.41, 5.74) is 8.76. The van der Waals surface area contributed by atoms with E-state index in [2.05, 4.69) is 10.0 Å². The molecule has 0 radical (unpaired) electrons. The first-order valence-electron chi connectivity index (χ1n) is 4.79. The lowest BCUT2D eigenvalue weighted by Crippen LogP contribution is -1.97. The number of allylic oxidation sites excluding steroid dienone is 1. The SMILES string of the molecule is COc1cccc(C/C=C(\N=[N+]=[N-])C(=O)O)c1. The van der Waals surface area contributed by atoms with Crippen LogP contribution in [0, 0.1) is 0 Å². The molecule has 0 aliphatic rings. The zero-order valence-electron chi connectivity index (χ0n) is 9.20. The summed E-state index contributed by atoms with van der Waals surface area (Å²) in [6.07, 6.45) is 1.72. The van der Waals surface area contributed by atoms with Gasteiger partial charge in [0.25, 0.3) is 0 Å². The van der Waals surface area contributed by atoms with Crippen molar-refractivity contribution in [3.05, 3.63) is 52.0 Å². The second-order valence-electron chi connectivity index (χ2n) is 3.14. The Kier molecular flexibility index (Phi) is 4.59. The van der Waals surface area contributed by atoms with Crippen LogP contribution >= 0.6 is 0 Å².